The van der Waals surface area contributed by atoms with Crippen LogP contribution >= 0.6 is 11.6 Å². The highest BCUT2D eigenvalue weighted by atomic mass is 35.5. The van der Waals surface area contributed by atoms with Gasteiger partial charge in [0.25, 0.3) is 0 Å². The third-order valence-corrected chi connectivity index (χ3v) is 9.21. The zero-order valence-electron chi connectivity index (χ0n) is 21.1. The van der Waals surface area contributed by atoms with E-state index in [1.165, 1.54) is 81.8 Å². The molecule has 1 aromatic heterocycles. The number of nitrogens with zero attached hydrogens (tertiary/aromatic N) is 1. The van der Waals surface area contributed by atoms with Crippen LogP contribution in [0.5, 0.6) is 0 Å². The first-order valence-electron chi connectivity index (χ1n) is 13.4. The van der Waals surface area contributed by atoms with Crippen LogP contribution in [-0.4, -0.2) is 4.98 Å². The van der Waals surface area contributed by atoms with Gasteiger partial charge in [0.1, 0.15) is 0 Å². The highest BCUT2D eigenvalue weighted by molar-refractivity contribution is 6.37. The first-order chi connectivity index (χ1) is 17.0. The monoisotopic (exact) mass is 480 g/mol. The fourth-order valence-corrected chi connectivity index (χ4v) is 7.55. The Morgan fingerprint density at radius 3 is 2.29 bits per heavy atom. The van der Waals surface area contributed by atoms with Crippen molar-refractivity contribution < 1.29 is 0 Å². The lowest BCUT2D eigenvalue weighted by atomic mass is 9.79. The summed E-state index contributed by atoms with van der Waals surface area (Å²) in [5, 5.41) is 3.29. The maximum atomic E-state index is 7.97. The Balaban J connectivity index is 1.67. The predicted octanol–water partition coefficient (Wildman–Crippen LogP) is 9.64. The molecule has 0 bridgehead atoms. The van der Waals surface area contributed by atoms with E-state index in [0.29, 0.717) is 0 Å². The van der Waals surface area contributed by atoms with E-state index in [1.807, 2.05) is 0 Å². The molecule has 0 amide bonds. The Labute approximate surface area is 213 Å². The normalized spacial score (nSPS) is 16.4. The molecule has 3 aromatic carbocycles. The van der Waals surface area contributed by atoms with Crippen LogP contribution in [0, 0.1) is 6.57 Å². The van der Waals surface area contributed by atoms with Gasteiger partial charge in [-0.05, 0) is 108 Å². The summed E-state index contributed by atoms with van der Waals surface area (Å²) in [5.41, 5.74) is 12.7. The second-order valence-corrected chi connectivity index (χ2v) is 11.0. The molecule has 35 heavy (non-hydrogen) atoms. The molecule has 0 saturated heterocycles. The fraction of sp³-hybridized carbons (Fsp3) is 0.406. The zero-order valence-corrected chi connectivity index (χ0v) is 21.8. The maximum Gasteiger partial charge on any atom is 0.193 e. The van der Waals surface area contributed by atoms with Gasteiger partial charge in [-0.25, -0.2) is 4.85 Å². The van der Waals surface area contributed by atoms with Gasteiger partial charge >= 0.3 is 0 Å². The van der Waals surface area contributed by atoms with Crippen LogP contribution in [0.2, 0.25) is 5.02 Å². The van der Waals surface area contributed by atoms with E-state index in [0.717, 1.165) is 47.4 Å². The molecule has 1 heterocycles. The van der Waals surface area contributed by atoms with Gasteiger partial charge < -0.3 is 4.98 Å². The third kappa shape index (κ3) is 3.28. The number of nitrogens with one attached hydrogen (secondary N) is 1. The summed E-state index contributed by atoms with van der Waals surface area (Å²) in [6.07, 6.45) is 10.3. The van der Waals surface area contributed by atoms with Crippen molar-refractivity contribution in [3.05, 3.63) is 74.6 Å². The van der Waals surface area contributed by atoms with Crippen molar-refractivity contribution in [3.8, 4) is 11.1 Å². The smallest absolute Gasteiger partial charge is 0.193 e. The van der Waals surface area contributed by atoms with E-state index in [4.69, 9.17) is 18.2 Å². The van der Waals surface area contributed by atoms with Gasteiger partial charge in [-0.3, -0.25) is 0 Å². The molecule has 0 unspecified atom stereocenters. The van der Waals surface area contributed by atoms with Gasteiger partial charge in [0.05, 0.1) is 17.1 Å². The molecule has 0 radical (unpaired) electrons. The number of aromatic nitrogens is 1. The number of benzene rings is 3. The first kappa shape index (κ1) is 22.7. The molecule has 1 N–H and O–H groups in total. The number of hydrogen-bond donors (Lipinski definition) is 1. The van der Waals surface area contributed by atoms with Crippen molar-refractivity contribution in [2.45, 2.75) is 84.0 Å². The Bertz CT molecular complexity index is 1500. The Kier molecular flexibility index (Phi) is 5.46. The molecular weight excluding hydrogens is 448 g/mol. The number of fused-ring (bicyclic) bond motifs is 6. The highest BCUT2D eigenvalue weighted by Gasteiger charge is 2.43. The van der Waals surface area contributed by atoms with Crippen LogP contribution in [0.1, 0.15) is 80.7 Å². The summed E-state index contributed by atoms with van der Waals surface area (Å²) >= 11 is 6.99. The Morgan fingerprint density at radius 2 is 1.66 bits per heavy atom. The average molecular weight is 481 g/mol. The van der Waals surface area contributed by atoms with Crippen LogP contribution in [-0.2, 0) is 31.1 Å². The van der Waals surface area contributed by atoms with Crippen molar-refractivity contribution in [3.63, 3.8) is 0 Å². The largest absolute Gasteiger partial charge is 0.354 e. The molecule has 6 rings (SSSR count). The molecular formula is C32H33ClN2. The summed E-state index contributed by atoms with van der Waals surface area (Å²) in [4.78, 5) is 7.64. The quantitative estimate of drug-likeness (QED) is 0.280. The predicted molar refractivity (Wildman–Crippen MR) is 149 cm³/mol. The molecule has 1 saturated carbocycles. The summed E-state index contributed by atoms with van der Waals surface area (Å²) < 4.78 is 0. The van der Waals surface area contributed by atoms with Crippen LogP contribution in [0.3, 0.4) is 0 Å². The first-order valence-corrected chi connectivity index (χ1v) is 13.7. The van der Waals surface area contributed by atoms with Crippen molar-refractivity contribution in [2.24, 2.45) is 0 Å². The van der Waals surface area contributed by atoms with Gasteiger partial charge in [0, 0.05) is 16.3 Å². The molecule has 2 aliphatic rings. The molecule has 1 fully saturated rings. The van der Waals surface area contributed by atoms with Crippen molar-refractivity contribution >= 4 is 39.1 Å². The highest BCUT2D eigenvalue weighted by Crippen LogP contribution is 2.56. The van der Waals surface area contributed by atoms with Crippen LogP contribution in [0.4, 0.5) is 5.69 Å². The SMILES string of the molecule is [C-]#[N+]c1cc2[nH]c3c(Cl)cc(-c4c(CC)cc(CC)cc4CC)cc3c2c2c1C1(CCCC1)CC2. The Hall–Kier alpha value is -2.76. The molecule has 2 nitrogen and oxygen atoms in total. The lowest BCUT2D eigenvalue weighted by Crippen LogP contribution is -2.17. The second-order valence-electron chi connectivity index (χ2n) is 10.6. The minimum Gasteiger partial charge on any atom is -0.354 e. The van der Waals surface area contributed by atoms with Gasteiger partial charge in [-0.1, -0.05) is 57.3 Å². The lowest BCUT2D eigenvalue weighted by Gasteiger charge is -2.25. The number of aromatic amines is 1. The standard InChI is InChI=1S/C32H33ClN2/c1-5-19-14-20(6-2)28(21(7-3)15-19)22-16-24-29-23-10-13-32(11-8-9-12-32)30(23)27(34-4)18-26(29)35-31(24)25(33)17-22/h14-18,35H,5-13H2,1-3H3. The lowest BCUT2D eigenvalue weighted by molar-refractivity contribution is 0.440. The number of halogens is 1. The van der Waals surface area contributed by atoms with Crippen molar-refractivity contribution in [1.29, 1.82) is 0 Å². The number of H-pyrrole nitrogens is 1. The summed E-state index contributed by atoms with van der Waals surface area (Å²) in [6.45, 7) is 14.7. The van der Waals surface area contributed by atoms with E-state index in [1.54, 1.807) is 0 Å². The van der Waals surface area contributed by atoms with E-state index in [2.05, 4.69) is 60.9 Å². The molecule has 0 aliphatic heterocycles. The van der Waals surface area contributed by atoms with Gasteiger partial charge in [0.2, 0.25) is 0 Å². The van der Waals surface area contributed by atoms with Crippen LogP contribution < -0.4 is 0 Å². The second kappa shape index (κ2) is 8.42. The third-order valence-electron chi connectivity index (χ3n) is 8.91. The molecule has 0 atom stereocenters. The van der Waals surface area contributed by atoms with Crippen LogP contribution in [0.15, 0.2) is 30.3 Å². The van der Waals surface area contributed by atoms with E-state index in [9.17, 15) is 0 Å². The van der Waals surface area contributed by atoms with Crippen molar-refractivity contribution in [1.82, 2.24) is 4.98 Å². The van der Waals surface area contributed by atoms with Crippen LogP contribution in [0.25, 0.3) is 37.8 Å². The summed E-state index contributed by atoms with van der Waals surface area (Å²) in [6, 6.07) is 11.4. The van der Waals surface area contributed by atoms with E-state index >= 15 is 0 Å². The average Bonchev–Trinajstić information content (AvgIpc) is 3.60. The minimum absolute atomic E-state index is 0.217. The molecule has 4 aromatic rings. The number of hydrogen-bond acceptors (Lipinski definition) is 0. The summed E-state index contributed by atoms with van der Waals surface area (Å²) in [7, 11) is 0. The Morgan fingerprint density at radius 1 is 0.943 bits per heavy atom. The number of rotatable bonds is 4. The maximum absolute atomic E-state index is 7.97. The van der Waals surface area contributed by atoms with E-state index in [-0.39, 0.29) is 5.41 Å². The minimum atomic E-state index is 0.217. The van der Waals surface area contributed by atoms with Gasteiger partial charge in [0.15, 0.2) is 5.69 Å². The number of aryl methyl sites for hydroxylation is 4. The zero-order chi connectivity index (χ0) is 24.3. The molecule has 3 heteroatoms. The topological polar surface area (TPSA) is 20.1 Å². The molecule has 1 spiro atoms. The van der Waals surface area contributed by atoms with Gasteiger partial charge in [-0.2, -0.15) is 0 Å². The van der Waals surface area contributed by atoms with Crippen molar-refractivity contribution in [2.75, 3.05) is 0 Å². The molecule has 2 aliphatic carbocycles. The molecule has 178 valence electrons. The fourth-order valence-electron chi connectivity index (χ4n) is 7.28. The summed E-state index contributed by atoms with van der Waals surface area (Å²) in [5.74, 6) is 0. The van der Waals surface area contributed by atoms with E-state index < -0.39 is 0 Å². The van der Waals surface area contributed by atoms with Gasteiger partial charge in [-0.15, -0.1) is 0 Å².